The van der Waals surface area contributed by atoms with Crippen LogP contribution in [0, 0.1) is 13.8 Å². The van der Waals surface area contributed by atoms with Crippen LogP contribution in [-0.4, -0.2) is 36.2 Å². The molecule has 1 aliphatic heterocycles. The number of halogens is 1. The number of hydrogen-bond donors (Lipinski definition) is 1. The summed E-state index contributed by atoms with van der Waals surface area (Å²) in [5.41, 5.74) is 4.82. The summed E-state index contributed by atoms with van der Waals surface area (Å²) >= 11 is 11.7. The fourth-order valence-corrected chi connectivity index (χ4v) is 3.44. The van der Waals surface area contributed by atoms with Gasteiger partial charge >= 0.3 is 0 Å². The van der Waals surface area contributed by atoms with E-state index in [0.717, 1.165) is 37.0 Å². The molecule has 2 aromatic rings. The minimum atomic E-state index is 0.689. The molecular weight excluding hydrogens is 338 g/mol. The molecule has 0 bridgehead atoms. The lowest BCUT2D eigenvalue weighted by molar-refractivity contribution is 0.390. The molecule has 24 heavy (non-hydrogen) atoms. The quantitative estimate of drug-likeness (QED) is 0.797. The highest BCUT2D eigenvalue weighted by Crippen LogP contribution is 2.24. The minimum Gasteiger partial charge on any atom is -0.368 e. The molecule has 1 aliphatic rings. The molecule has 1 heterocycles. The zero-order valence-corrected chi connectivity index (χ0v) is 15.6. The molecule has 3 rings (SSSR count). The highest BCUT2D eigenvalue weighted by molar-refractivity contribution is 7.80. The number of benzene rings is 2. The van der Waals surface area contributed by atoms with Crippen LogP contribution in [0.15, 0.2) is 42.5 Å². The average molecular weight is 360 g/mol. The van der Waals surface area contributed by atoms with Gasteiger partial charge in [-0.2, -0.15) is 0 Å². The third-order valence-electron chi connectivity index (χ3n) is 4.39. The maximum atomic E-state index is 6.19. The molecule has 0 spiro atoms. The zero-order valence-electron chi connectivity index (χ0n) is 14.1. The van der Waals surface area contributed by atoms with Crippen molar-refractivity contribution >= 4 is 40.3 Å². The maximum Gasteiger partial charge on any atom is 0.173 e. The molecule has 0 amide bonds. The van der Waals surface area contributed by atoms with Crippen molar-refractivity contribution < 1.29 is 0 Å². The SMILES string of the molecule is Cc1ccc(C)c(N2CCN(C(=S)Nc3ccccc3Cl)CC2)c1. The molecule has 0 aliphatic carbocycles. The summed E-state index contributed by atoms with van der Waals surface area (Å²) in [5.74, 6) is 0. The molecule has 1 saturated heterocycles. The van der Waals surface area contributed by atoms with E-state index in [9.17, 15) is 0 Å². The Labute approximate surface area is 154 Å². The van der Waals surface area contributed by atoms with Gasteiger partial charge in [0.25, 0.3) is 0 Å². The number of aryl methyl sites for hydroxylation is 2. The second kappa shape index (κ2) is 7.41. The van der Waals surface area contributed by atoms with Crippen LogP contribution in [0.2, 0.25) is 5.02 Å². The van der Waals surface area contributed by atoms with E-state index < -0.39 is 0 Å². The van der Waals surface area contributed by atoms with Crippen LogP contribution < -0.4 is 10.2 Å². The van der Waals surface area contributed by atoms with Gasteiger partial charge in [0.15, 0.2) is 5.11 Å². The van der Waals surface area contributed by atoms with Crippen LogP contribution in [0.4, 0.5) is 11.4 Å². The van der Waals surface area contributed by atoms with Gasteiger partial charge in [-0.15, -0.1) is 0 Å². The summed E-state index contributed by atoms with van der Waals surface area (Å²) in [4.78, 5) is 4.65. The molecule has 0 atom stereocenters. The summed E-state index contributed by atoms with van der Waals surface area (Å²) in [7, 11) is 0. The first-order valence-electron chi connectivity index (χ1n) is 8.17. The number of nitrogens with zero attached hydrogens (tertiary/aromatic N) is 2. The predicted octanol–water partition coefficient (Wildman–Crippen LogP) is 4.48. The van der Waals surface area contributed by atoms with Gasteiger partial charge in [-0.3, -0.25) is 0 Å². The van der Waals surface area contributed by atoms with Crippen molar-refractivity contribution in [1.82, 2.24) is 4.90 Å². The van der Waals surface area contributed by atoms with E-state index in [4.69, 9.17) is 23.8 Å². The lowest BCUT2D eigenvalue weighted by Crippen LogP contribution is -2.50. The number of para-hydroxylation sites is 1. The van der Waals surface area contributed by atoms with Gasteiger partial charge in [-0.1, -0.05) is 35.9 Å². The molecule has 0 radical (unpaired) electrons. The minimum absolute atomic E-state index is 0.689. The Kier molecular flexibility index (Phi) is 5.27. The standard InChI is InChI=1S/C19H22ClN3S/c1-14-7-8-15(2)18(13-14)22-9-11-23(12-10-22)19(24)21-17-6-4-3-5-16(17)20/h3-8,13H,9-12H2,1-2H3,(H,21,24). The summed E-state index contributed by atoms with van der Waals surface area (Å²) < 4.78 is 0. The number of rotatable bonds is 2. The first-order chi connectivity index (χ1) is 11.5. The molecule has 3 nitrogen and oxygen atoms in total. The molecule has 1 fully saturated rings. The summed E-state index contributed by atoms with van der Waals surface area (Å²) in [6, 6.07) is 14.3. The molecular formula is C19H22ClN3S. The Hall–Kier alpha value is -1.78. The van der Waals surface area contributed by atoms with Gasteiger partial charge in [0.05, 0.1) is 10.7 Å². The number of hydrogen-bond acceptors (Lipinski definition) is 2. The van der Waals surface area contributed by atoms with E-state index in [1.54, 1.807) is 0 Å². The van der Waals surface area contributed by atoms with Gasteiger partial charge in [-0.05, 0) is 55.4 Å². The van der Waals surface area contributed by atoms with Crippen LogP contribution in [0.1, 0.15) is 11.1 Å². The Balaban J connectivity index is 1.61. The third-order valence-corrected chi connectivity index (χ3v) is 5.08. The van der Waals surface area contributed by atoms with E-state index in [-0.39, 0.29) is 0 Å². The number of anilines is 2. The zero-order chi connectivity index (χ0) is 17.1. The van der Waals surface area contributed by atoms with Crippen molar-refractivity contribution in [3.05, 3.63) is 58.6 Å². The average Bonchev–Trinajstić information content (AvgIpc) is 2.59. The van der Waals surface area contributed by atoms with Crippen molar-refractivity contribution in [1.29, 1.82) is 0 Å². The van der Waals surface area contributed by atoms with Gasteiger partial charge < -0.3 is 15.1 Å². The molecule has 5 heteroatoms. The predicted molar refractivity (Wildman–Crippen MR) is 107 cm³/mol. The molecule has 0 unspecified atom stereocenters. The van der Waals surface area contributed by atoms with E-state index in [1.165, 1.54) is 16.8 Å². The molecule has 126 valence electrons. The molecule has 0 aromatic heterocycles. The van der Waals surface area contributed by atoms with E-state index in [2.05, 4.69) is 47.2 Å². The monoisotopic (exact) mass is 359 g/mol. The van der Waals surface area contributed by atoms with Crippen LogP contribution in [0.3, 0.4) is 0 Å². The number of nitrogens with one attached hydrogen (secondary N) is 1. The van der Waals surface area contributed by atoms with Crippen LogP contribution in [-0.2, 0) is 0 Å². The lowest BCUT2D eigenvalue weighted by Gasteiger charge is -2.38. The summed E-state index contributed by atoms with van der Waals surface area (Å²) in [6.45, 7) is 8.06. The van der Waals surface area contributed by atoms with Crippen molar-refractivity contribution in [2.45, 2.75) is 13.8 Å². The lowest BCUT2D eigenvalue weighted by atomic mass is 10.1. The summed E-state index contributed by atoms with van der Waals surface area (Å²) in [6.07, 6.45) is 0. The summed E-state index contributed by atoms with van der Waals surface area (Å²) in [5, 5.41) is 4.69. The first-order valence-corrected chi connectivity index (χ1v) is 8.96. The normalized spacial score (nSPS) is 14.6. The fraction of sp³-hybridized carbons (Fsp3) is 0.316. The largest absolute Gasteiger partial charge is 0.368 e. The maximum absolute atomic E-state index is 6.19. The molecule has 0 saturated carbocycles. The van der Waals surface area contributed by atoms with Crippen molar-refractivity contribution in [2.24, 2.45) is 0 Å². The highest BCUT2D eigenvalue weighted by Gasteiger charge is 2.20. The Morgan fingerprint density at radius 2 is 1.75 bits per heavy atom. The Morgan fingerprint density at radius 1 is 1.04 bits per heavy atom. The smallest absolute Gasteiger partial charge is 0.173 e. The van der Waals surface area contributed by atoms with Gasteiger partial charge in [0, 0.05) is 31.9 Å². The van der Waals surface area contributed by atoms with Crippen LogP contribution in [0.25, 0.3) is 0 Å². The van der Waals surface area contributed by atoms with E-state index in [0.29, 0.717) is 5.02 Å². The molecule has 1 N–H and O–H groups in total. The second-order valence-electron chi connectivity index (χ2n) is 6.17. The highest BCUT2D eigenvalue weighted by atomic mass is 35.5. The topological polar surface area (TPSA) is 18.5 Å². The van der Waals surface area contributed by atoms with Crippen molar-refractivity contribution in [2.75, 3.05) is 36.4 Å². The fourth-order valence-electron chi connectivity index (χ4n) is 2.97. The van der Waals surface area contributed by atoms with Gasteiger partial charge in [0.1, 0.15) is 0 Å². The Morgan fingerprint density at radius 3 is 2.46 bits per heavy atom. The van der Waals surface area contributed by atoms with Crippen LogP contribution >= 0.6 is 23.8 Å². The number of piperazine rings is 1. The Bertz CT molecular complexity index is 739. The van der Waals surface area contributed by atoms with Crippen LogP contribution in [0.5, 0.6) is 0 Å². The third kappa shape index (κ3) is 3.82. The van der Waals surface area contributed by atoms with Gasteiger partial charge in [-0.25, -0.2) is 0 Å². The number of thiocarbonyl (C=S) groups is 1. The van der Waals surface area contributed by atoms with E-state index in [1.807, 2.05) is 24.3 Å². The van der Waals surface area contributed by atoms with E-state index >= 15 is 0 Å². The van der Waals surface area contributed by atoms with Gasteiger partial charge in [0.2, 0.25) is 0 Å². The molecule has 2 aromatic carbocycles. The van der Waals surface area contributed by atoms with Crippen molar-refractivity contribution in [3.63, 3.8) is 0 Å². The second-order valence-corrected chi connectivity index (χ2v) is 6.97. The van der Waals surface area contributed by atoms with Crippen molar-refractivity contribution in [3.8, 4) is 0 Å². The first kappa shape index (κ1) is 17.1.